The van der Waals surface area contributed by atoms with Crippen molar-refractivity contribution in [3.63, 3.8) is 0 Å². The van der Waals surface area contributed by atoms with Crippen LogP contribution in [0.15, 0.2) is 0 Å². The molecule has 2 aliphatic heterocycles. The van der Waals surface area contributed by atoms with E-state index in [0.29, 0.717) is 38.5 Å². The van der Waals surface area contributed by atoms with Gasteiger partial charge >= 0.3 is 0 Å². The van der Waals surface area contributed by atoms with E-state index in [2.05, 4.69) is 24.9 Å². The highest BCUT2D eigenvalue weighted by atomic mass is 16.5. The van der Waals surface area contributed by atoms with Crippen LogP contribution in [0.5, 0.6) is 0 Å². The summed E-state index contributed by atoms with van der Waals surface area (Å²) in [7, 11) is 2.06. The number of ether oxygens (including phenoxy) is 1. The van der Waals surface area contributed by atoms with Gasteiger partial charge in [-0.25, -0.2) is 0 Å². The topological polar surface area (TPSA) is 56.5 Å². The Morgan fingerprint density at radius 3 is 2.75 bits per heavy atom. The molecule has 0 bridgehead atoms. The summed E-state index contributed by atoms with van der Waals surface area (Å²) in [6.07, 6.45) is 2.00. The van der Waals surface area contributed by atoms with Crippen molar-refractivity contribution in [3.8, 4) is 6.07 Å². The molecule has 0 aromatic carbocycles. The number of nitrogens with zero attached hydrogens (tertiary/aromatic N) is 2. The minimum Gasteiger partial charge on any atom is -0.388 e. The Morgan fingerprint density at radius 2 is 2.25 bits per heavy atom. The maximum atomic E-state index is 10.8. The molecule has 3 unspecified atom stereocenters. The van der Waals surface area contributed by atoms with Crippen molar-refractivity contribution < 1.29 is 9.84 Å². The molecule has 0 aliphatic carbocycles. The Balaban J connectivity index is 2.21. The highest BCUT2D eigenvalue weighted by Crippen LogP contribution is 2.46. The maximum Gasteiger partial charge on any atom is 0.111 e. The molecule has 0 aromatic rings. The quantitative estimate of drug-likeness (QED) is 0.714. The molecular formula is C12H20N2O2. The molecule has 2 saturated heterocycles. The van der Waals surface area contributed by atoms with Gasteiger partial charge < -0.3 is 14.7 Å². The van der Waals surface area contributed by atoms with Gasteiger partial charge in [-0.1, -0.05) is 0 Å². The van der Waals surface area contributed by atoms with Gasteiger partial charge in [0, 0.05) is 19.2 Å². The van der Waals surface area contributed by atoms with Crippen LogP contribution in [0.25, 0.3) is 0 Å². The lowest BCUT2D eigenvalue weighted by Crippen LogP contribution is -2.57. The highest BCUT2D eigenvalue weighted by Gasteiger charge is 2.55. The second-order valence-corrected chi connectivity index (χ2v) is 5.31. The monoisotopic (exact) mass is 224 g/mol. The molecule has 4 nitrogen and oxygen atoms in total. The van der Waals surface area contributed by atoms with E-state index in [1.165, 1.54) is 0 Å². The van der Waals surface area contributed by atoms with Crippen LogP contribution in [0.4, 0.5) is 0 Å². The first-order chi connectivity index (χ1) is 7.53. The van der Waals surface area contributed by atoms with Crippen LogP contribution in [0.1, 0.15) is 26.2 Å². The number of likely N-dealkylation sites (tertiary alicyclic amines) is 1. The lowest BCUT2D eigenvalue weighted by molar-refractivity contribution is -0.108. The summed E-state index contributed by atoms with van der Waals surface area (Å²) >= 11 is 0. The Bertz CT molecular complexity index is 307. The number of rotatable bonds is 1. The van der Waals surface area contributed by atoms with Crippen LogP contribution < -0.4 is 0 Å². The number of piperidine rings is 1. The van der Waals surface area contributed by atoms with Crippen molar-refractivity contribution >= 4 is 0 Å². The van der Waals surface area contributed by atoms with Gasteiger partial charge in [0.1, 0.15) is 5.41 Å². The van der Waals surface area contributed by atoms with Crippen molar-refractivity contribution in [1.29, 1.82) is 5.26 Å². The fraction of sp³-hybridized carbons (Fsp3) is 0.917. The summed E-state index contributed by atoms with van der Waals surface area (Å²) in [4.78, 5) is 2.23. The first-order valence-electron chi connectivity index (χ1n) is 5.95. The first kappa shape index (κ1) is 11.8. The zero-order valence-corrected chi connectivity index (χ0v) is 10.1. The Labute approximate surface area is 96.8 Å². The number of aliphatic hydroxyl groups is 1. The van der Waals surface area contributed by atoms with E-state index in [0.717, 1.165) is 6.54 Å². The fourth-order valence-corrected chi connectivity index (χ4v) is 2.89. The van der Waals surface area contributed by atoms with Crippen LogP contribution >= 0.6 is 0 Å². The van der Waals surface area contributed by atoms with E-state index in [1.54, 1.807) is 0 Å². The summed E-state index contributed by atoms with van der Waals surface area (Å²) in [6, 6.07) is 2.65. The molecular weight excluding hydrogens is 204 g/mol. The molecule has 4 heteroatoms. The van der Waals surface area contributed by atoms with Gasteiger partial charge in [-0.2, -0.15) is 5.26 Å². The van der Waals surface area contributed by atoms with Crippen molar-refractivity contribution in [2.75, 3.05) is 26.8 Å². The molecule has 16 heavy (non-hydrogen) atoms. The number of nitriles is 1. The van der Waals surface area contributed by atoms with Crippen LogP contribution in [0.2, 0.25) is 0 Å². The SMILES string of the molecule is CC1CC(O)(C2(C#N)CCOC2)CCN1C. The smallest absolute Gasteiger partial charge is 0.111 e. The van der Waals surface area contributed by atoms with Gasteiger partial charge in [0.25, 0.3) is 0 Å². The van der Waals surface area contributed by atoms with Crippen LogP contribution in [0.3, 0.4) is 0 Å². The molecule has 0 saturated carbocycles. The van der Waals surface area contributed by atoms with Crippen LogP contribution in [-0.4, -0.2) is 48.5 Å². The third-order valence-corrected chi connectivity index (χ3v) is 4.39. The number of hydrogen-bond acceptors (Lipinski definition) is 4. The lowest BCUT2D eigenvalue weighted by atomic mass is 9.66. The van der Waals surface area contributed by atoms with E-state index >= 15 is 0 Å². The van der Waals surface area contributed by atoms with Gasteiger partial charge in [-0.15, -0.1) is 0 Å². The summed E-state index contributed by atoms with van der Waals surface area (Å²) in [5.74, 6) is 0. The van der Waals surface area contributed by atoms with Gasteiger partial charge in [-0.3, -0.25) is 0 Å². The highest BCUT2D eigenvalue weighted by molar-refractivity contribution is 5.15. The Morgan fingerprint density at radius 1 is 1.50 bits per heavy atom. The van der Waals surface area contributed by atoms with Gasteiger partial charge in [0.2, 0.25) is 0 Å². The summed E-state index contributed by atoms with van der Waals surface area (Å²) < 4.78 is 5.34. The average molecular weight is 224 g/mol. The summed E-state index contributed by atoms with van der Waals surface area (Å²) in [5.41, 5.74) is -1.55. The van der Waals surface area contributed by atoms with E-state index in [-0.39, 0.29) is 0 Å². The van der Waals surface area contributed by atoms with Crippen LogP contribution in [0, 0.1) is 16.7 Å². The summed E-state index contributed by atoms with van der Waals surface area (Å²) in [6.45, 7) is 3.93. The minimum atomic E-state index is -0.871. The molecule has 1 N–H and O–H groups in total. The predicted molar refractivity (Wildman–Crippen MR) is 59.8 cm³/mol. The molecule has 2 rings (SSSR count). The van der Waals surface area contributed by atoms with Gasteiger partial charge in [-0.05, 0) is 33.2 Å². The normalized spacial score (nSPS) is 45.5. The zero-order valence-electron chi connectivity index (χ0n) is 10.1. The van der Waals surface area contributed by atoms with E-state index < -0.39 is 11.0 Å². The molecule has 2 fully saturated rings. The molecule has 0 amide bonds. The van der Waals surface area contributed by atoms with Crippen molar-refractivity contribution in [1.82, 2.24) is 4.90 Å². The summed E-state index contributed by atoms with van der Waals surface area (Å²) in [5, 5.41) is 20.2. The van der Waals surface area contributed by atoms with Gasteiger partial charge in [0.15, 0.2) is 0 Å². The standard InChI is InChI=1S/C12H20N2O2/c1-10-7-12(15,3-5-14(10)2)11(8-13)4-6-16-9-11/h10,15H,3-7,9H2,1-2H3. The molecule has 2 heterocycles. The predicted octanol–water partition coefficient (Wildman–Crippen LogP) is 0.762. The van der Waals surface area contributed by atoms with Crippen LogP contribution in [-0.2, 0) is 4.74 Å². The van der Waals surface area contributed by atoms with Gasteiger partial charge in [0.05, 0.1) is 18.3 Å². The Kier molecular flexibility index (Phi) is 2.95. The molecule has 0 spiro atoms. The Hall–Kier alpha value is -0.630. The van der Waals surface area contributed by atoms with E-state index in [1.807, 2.05) is 0 Å². The van der Waals surface area contributed by atoms with Crippen molar-refractivity contribution in [2.45, 2.75) is 37.8 Å². The van der Waals surface area contributed by atoms with E-state index in [9.17, 15) is 10.4 Å². The number of hydrogen-bond donors (Lipinski definition) is 1. The molecule has 2 aliphatic rings. The second-order valence-electron chi connectivity index (χ2n) is 5.31. The molecule has 3 atom stereocenters. The largest absolute Gasteiger partial charge is 0.388 e. The zero-order chi connectivity index (χ0) is 11.8. The van der Waals surface area contributed by atoms with Crippen molar-refractivity contribution in [2.24, 2.45) is 5.41 Å². The van der Waals surface area contributed by atoms with Crippen molar-refractivity contribution in [3.05, 3.63) is 0 Å². The second kappa shape index (κ2) is 3.99. The fourth-order valence-electron chi connectivity index (χ4n) is 2.89. The molecule has 0 radical (unpaired) electrons. The molecule has 90 valence electrons. The molecule has 0 aromatic heterocycles. The third-order valence-electron chi connectivity index (χ3n) is 4.39. The first-order valence-corrected chi connectivity index (χ1v) is 5.95. The average Bonchev–Trinajstić information content (AvgIpc) is 2.74. The maximum absolute atomic E-state index is 10.8. The minimum absolute atomic E-state index is 0.324. The third kappa shape index (κ3) is 1.64. The van der Waals surface area contributed by atoms with E-state index in [4.69, 9.17) is 4.74 Å². The lowest BCUT2D eigenvalue weighted by Gasteiger charge is -2.47.